The van der Waals surface area contributed by atoms with Crippen LogP contribution in [0.1, 0.15) is 22.5 Å². The number of para-hydroxylation sites is 1. The van der Waals surface area contributed by atoms with Crippen LogP contribution in [0.4, 0.5) is 0 Å². The van der Waals surface area contributed by atoms with Gasteiger partial charge < -0.3 is 9.47 Å². The third-order valence-corrected chi connectivity index (χ3v) is 4.14. The molecule has 0 fully saturated rings. The number of Topliss-reactive ketones (excluding diaryl/α,β-unsaturated/α-hetero) is 1. The molecule has 0 saturated heterocycles. The summed E-state index contributed by atoms with van der Waals surface area (Å²) in [6.07, 6.45) is 1.99. The van der Waals surface area contributed by atoms with Crippen molar-refractivity contribution >= 4 is 16.7 Å². The van der Waals surface area contributed by atoms with Crippen LogP contribution in [-0.2, 0) is 13.5 Å². The molecular weight excluding hydrogens is 236 g/mol. The van der Waals surface area contributed by atoms with E-state index in [2.05, 4.69) is 27.7 Å². The monoisotopic (exact) mass is 256 g/mol. The third kappa shape index (κ3) is 1.89. The first kappa shape index (κ1) is 12.4. The van der Waals surface area contributed by atoms with Gasteiger partial charge in [0.05, 0.1) is 5.69 Å². The Labute approximate surface area is 113 Å². The number of carbonyl (C=O) groups is 1. The molecule has 1 aliphatic rings. The fourth-order valence-corrected chi connectivity index (χ4v) is 3.30. The predicted octanol–water partition coefficient (Wildman–Crippen LogP) is 2.49. The molecule has 1 atom stereocenters. The average molecular weight is 256 g/mol. The van der Waals surface area contributed by atoms with Gasteiger partial charge >= 0.3 is 0 Å². The van der Waals surface area contributed by atoms with Crippen LogP contribution in [0.3, 0.4) is 0 Å². The molecule has 3 heteroatoms. The van der Waals surface area contributed by atoms with Crippen LogP contribution in [-0.4, -0.2) is 35.9 Å². The Balaban J connectivity index is 2.11. The predicted molar refractivity (Wildman–Crippen MR) is 77.6 cm³/mol. The van der Waals surface area contributed by atoms with Gasteiger partial charge in [-0.25, -0.2) is 0 Å². The zero-order valence-electron chi connectivity index (χ0n) is 11.8. The van der Waals surface area contributed by atoms with Gasteiger partial charge in [-0.3, -0.25) is 4.79 Å². The molecule has 1 aromatic carbocycles. The Hall–Kier alpha value is -1.61. The molecule has 1 aromatic heterocycles. The van der Waals surface area contributed by atoms with Crippen LogP contribution in [0.25, 0.3) is 10.9 Å². The van der Waals surface area contributed by atoms with Crippen molar-refractivity contribution in [1.82, 2.24) is 9.47 Å². The number of nitrogens with zero attached hydrogens (tertiary/aromatic N) is 2. The van der Waals surface area contributed by atoms with E-state index in [0.717, 1.165) is 25.1 Å². The zero-order valence-corrected chi connectivity index (χ0v) is 11.8. The number of rotatable bonds is 2. The molecule has 0 amide bonds. The van der Waals surface area contributed by atoms with E-state index in [1.54, 1.807) is 0 Å². The standard InChI is InChI=1S/C16H20N2O/c1-17(2)10-11-8-9-13-12-6-4-5-7-14(12)18(3)15(13)16(11)19/h4-7,11H,8-10H2,1-3H3/t11-/m0/s1. The molecule has 1 aliphatic carbocycles. The maximum Gasteiger partial charge on any atom is 0.183 e. The normalized spacial score (nSPS) is 19.2. The molecule has 0 bridgehead atoms. The largest absolute Gasteiger partial charge is 0.341 e. The van der Waals surface area contributed by atoms with Gasteiger partial charge in [-0.05, 0) is 38.6 Å². The van der Waals surface area contributed by atoms with E-state index in [4.69, 9.17) is 0 Å². The van der Waals surface area contributed by atoms with Crippen molar-refractivity contribution in [2.24, 2.45) is 13.0 Å². The lowest BCUT2D eigenvalue weighted by Gasteiger charge is -2.24. The van der Waals surface area contributed by atoms with Crippen molar-refractivity contribution in [1.29, 1.82) is 0 Å². The highest BCUT2D eigenvalue weighted by Crippen LogP contribution is 2.33. The van der Waals surface area contributed by atoms with Gasteiger partial charge in [-0.2, -0.15) is 0 Å². The van der Waals surface area contributed by atoms with Crippen molar-refractivity contribution in [2.45, 2.75) is 12.8 Å². The summed E-state index contributed by atoms with van der Waals surface area (Å²) in [6.45, 7) is 0.847. The summed E-state index contributed by atoms with van der Waals surface area (Å²) in [4.78, 5) is 14.8. The van der Waals surface area contributed by atoms with Gasteiger partial charge in [-0.15, -0.1) is 0 Å². The SMILES string of the molecule is CN(C)C[C@@H]1CCc2c(n(C)c3ccccc23)C1=O. The zero-order chi connectivity index (χ0) is 13.6. The number of ketones is 1. The van der Waals surface area contributed by atoms with Crippen LogP contribution in [0.15, 0.2) is 24.3 Å². The summed E-state index contributed by atoms with van der Waals surface area (Å²) in [5, 5.41) is 1.25. The fourth-order valence-electron chi connectivity index (χ4n) is 3.30. The Morgan fingerprint density at radius 3 is 2.79 bits per heavy atom. The number of carbonyl (C=O) groups excluding carboxylic acids is 1. The molecule has 2 aromatic rings. The minimum atomic E-state index is 0.144. The second-order valence-electron chi connectivity index (χ2n) is 5.77. The molecule has 3 rings (SSSR count). The summed E-state index contributed by atoms with van der Waals surface area (Å²) in [7, 11) is 6.08. The maximum atomic E-state index is 12.7. The molecule has 0 N–H and O–H groups in total. The molecule has 0 aliphatic heterocycles. The van der Waals surface area contributed by atoms with Crippen LogP contribution in [0.2, 0.25) is 0 Å². The second-order valence-corrected chi connectivity index (χ2v) is 5.77. The number of fused-ring (bicyclic) bond motifs is 3. The van der Waals surface area contributed by atoms with E-state index in [1.165, 1.54) is 16.5 Å². The molecule has 1 heterocycles. The smallest absolute Gasteiger partial charge is 0.183 e. The van der Waals surface area contributed by atoms with Crippen molar-refractivity contribution in [3.8, 4) is 0 Å². The van der Waals surface area contributed by atoms with Gasteiger partial charge in [0, 0.05) is 30.4 Å². The summed E-state index contributed by atoms with van der Waals surface area (Å²) < 4.78 is 2.08. The molecule has 19 heavy (non-hydrogen) atoms. The van der Waals surface area contributed by atoms with Gasteiger partial charge in [0.25, 0.3) is 0 Å². The topological polar surface area (TPSA) is 25.2 Å². The number of hydrogen-bond acceptors (Lipinski definition) is 2. The molecule has 0 saturated carbocycles. The Morgan fingerprint density at radius 2 is 2.05 bits per heavy atom. The molecule has 0 unspecified atom stereocenters. The van der Waals surface area contributed by atoms with Gasteiger partial charge in [-0.1, -0.05) is 18.2 Å². The Kier molecular flexibility index (Phi) is 2.94. The molecule has 0 spiro atoms. The van der Waals surface area contributed by atoms with Crippen molar-refractivity contribution in [3.05, 3.63) is 35.5 Å². The van der Waals surface area contributed by atoms with E-state index < -0.39 is 0 Å². The number of aromatic nitrogens is 1. The Bertz CT molecular complexity index is 639. The molecular formula is C16H20N2O. The minimum Gasteiger partial charge on any atom is -0.341 e. The Morgan fingerprint density at radius 1 is 1.32 bits per heavy atom. The quantitative estimate of drug-likeness (QED) is 0.825. The molecule has 3 nitrogen and oxygen atoms in total. The van der Waals surface area contributed by atoms with E-state index in [9.17, 15) is 4.79 Å². The summed E-state index contributed by atoms with van der Waals surface area (Å²) in [5.74, 6) is 0.458. The van der Waals surface area contributed by atoms with E-state index >= 15 is 0 Å². The third-order valence-electron chi connectivity index (χ3n) is 4.14. The van der Waals surface area contributed by atoms with Crippen LogP contribution in [0.5, 0.6) is 0 Å². The molecule has 100 valence electrons. The molecule has 0 radical (unpaired) electrons. The van der Waals surface area contributed by atoms with E-state index in [0.29, 0.717) is 5.78 Å². The summed E-state index contributed by atoms with van der Waals surface area (Å²) >= 11 is 0. The lowest BCUT2D eigenvalue weighted by molar-refractivity contribution is 0.0869. The van der Waals surface area contributed by atoms with Gasteiger partial charge in [0.15, 0.2) is 5.78 Å². The lowest BCUT2D eigenvalue weighted by atomic mass is 9.85. The first-order chi connectivity index (χ1) is 9.09. The van der Waals surface area contributed by atoms with Crippen LogP contribution in [0, 0.1) is 5.92 Å². The van der Waals surface area contributed by atoms with Crippen LogP contribution >= 0.6 is 0 Å². The first-order valence-electron chi connectivity index (χ1n) is 6.85. The lowest BCUT2D eigenvalue weighted by Crippen LogP contribution is -2.32. The van der Waals surface area contributed by atoms with Crippen molar-refractivity contribution in [2.75, 3.05) is 20.6 Å². The van der Waals surface area contributed by atoms with Crippen LogP contribution < -0.4 is 0 Å². The highest BCUT2D eigenvalue weighted by atomic mass is 16.1. The second kappa shape index (κ2) is 4.49. The number of hydrogen-bond donors (Lipinski definition) is 0. The summed E-state index contributed by atoms with van der Waals surface area (Å²) in [5.41, 5.74) is 3.35. The van der Waals surface area contributed by atoms with E-state index in [1.807, 2.05) is 27.2 Å². The fraction of sp³-hybridized carbons (Fsp3) is 0.438. The van der Waals surface area contributed by atoms with Crippen molar-refractivity contribution < 1.29 is 4.79 Å². The minimum absolute atomic E-state index is 0.144. The maximum absolute atomic E-state index is 12.7. The van der Waals surface area contributed by atoms with E-state index in [-0.39, 0.29) is 5.92 Å². The highest BCUT2D eigenvalue weighted by Gasteiger charge is 2.31. The highest BCUT2D eigenvalue weighted by molar-refractivity contribution is 6.05. The number of aryl methyl sites for hydroxylation is 2. The van der Waals surface area contributed by atoms with Crippen molar-refractivity contribution in [3.63, 3.8) is 0 Å². The summed E-state index contributed by atoms with van der Waals surface area (Å²) in [6, 6.07) is 8.32. The number of benzene rings is 1. The van der Waals surface area contributed by atoms with Gasteiger partial charge in [0.2, 0.25) is 0 Å². The first-order valence-corrected chi connectivity index (χ1v) is 6.85. The average Bonchev–Trinajstić information content (AvgIpc) is 2.67. The van der Waals surface area contributed by atoms with Gasteiger partial charge in [0.1, 0.15) is 0 Å².